The fraction of sp³-hybridized carbons (Fsp3) is 0.533. The van der Waals surface area contributed by atoms with Crippen LogP contribution in [0.4, 0.5) is 5.69 Å². The van der Waals surface area contributed by atoms with Crippen LogP contribution < -0.4 is 11.1 Å². The molecule has 2 atom stereocenters. The summed E-state index contributed by atoms with van der Waals surface area (Å²) in [6.07, 6.45) is 2.35. The van der Waals surface area contributed by atoms with Crippen molar-refractivity contribution in [3.63, 3.8) is 0 Å². The number of nitrogens with one attached hydrogen (secondary N) is 1. The van der Waals surface area contributed by atoms with Crippen LogP contribution in [0.25, 0.3) is 0 Å². The number of anilines is 1. The molecule has 1 aliphatic heterocycles. The van der Waals surface area contributed by atoms with Crippen molar-refractivity contribution in [3.05, 3.63) is 27.8 Å². The molecule has 1 aromatic carbocycles. The van der Waals surface area contributed by atoms with Gasteiger partial charge in [0.25, 0.3) is 0 Å². The predicted molar refractivity (Wildman–Crippen MR) is 90.6 cm³/mol. The first kappa shape index (κ1) is 15.7. The second kappa shape index (κ2) is 7.38. The lowest BCUT2D eigenvalue weighted by atomic mass is 9.91. The third-order valence-corrected chi connectivity index (χ3v) is 4.60. The molecule has 2 unspecified atom stereocenters. The quantitative estimate of drug-likeness (QED) is 0.780. The van der Waals surface area contributed by atoms with Crippen LogP contribution in [0.2, 0.25) is 0 Å². The monoisotopic (exact) mass is 387 g/mol. The first-order chi connectivity index (χ1) is 9.60. The number of amides is 1. The third-order valence-electron chi connectivity index (χ3n) is 3.93. The van der Waals surface area contributed by atoms with Crippen LogP contribution in [0.1, 0.15) is 19.8 Å². The van der Waals surface area contributed by atoms with Crippen LogP contribution in [0.15, 0.2) is 24.3 Å². The SMILES string of the molecule is CC1CCCN(CC(=O)Nc2cccc(I)c2)C1CN. The van der Waals surface area contributed by atoms with Gasteiger partial charge in [-0.3, -0.25) is 9.69 Å². The summed E-state index contributed by atoms with van der Waals surface area (Å²) in [5.41, 5.74) is 6.72. The van der Waals surface area contributed by atoms with Gasteiger partial charge < -0.3 is 11.1 Å². The van der Waals surface area contributed by atoms with E-state index in [2.05, 4.69) is 39.7 Å². The number of halogens is 1. The molecule has 2 rings (SSSR count). The summed E-state index contributed by atoms with van der Waals surface area (Å²) in [6.45, 7) is 4.24. The van der Waals surface area contributed by atoms with Crippen molar-refractivity contribution >= 4 is 34.2 Å². The van der Waals surface area contributed by atoms with Crippen LogP contribution in [-0.4, -0.2) is 36.5 Å². The lowest BCUT2D eigenvalue weighted by Crippen LogP contribution is -2.51. The van der Waals surface area contributed by atoms with Crippen molar-refractivity contribution in [1.82, 2.24) is 4.90 Å². The van der Waals surface area contributed by atoms with E-state index in [1.54, 1.807) is 0 Å². The number of piperidine rings is 1. The molecule has 0 saturated carbocycles. The first-order valence-electron chi connectivity index (χ1n) is 7.09. The topological polar surface area (TPSA) is 58.4 Å². The molecule has 4 nitrogen and oxygen atoms in total. The third kappa shape index (κ3) is 4.17. The van der Waals surface area contributed by atoms with Gasteiger partial charge in [-0.2, -0.15) is 0 Å². The average Bonchev–Trinajstić information content (AvgIpc) is 2.38. The zero-order valence-electron chi connectivity index (χ0n) is 11.8. The van der Waals surface area contributed by atoms with Crippen molar-refractivity contribution in [3.8, 4) is 0 Å². The second-order valence-corrected chi connectivity index (χ2v) is 6.70. The molecule has 5 heteroatoms. The van der Waals surface area contributed by atoms with Crippen LogP contribution in [-0.2, 0) is 4.79 Å². The fourth-order valence-electron chi connectivity index (χ4n) is 2.86. The van der Waals surface area contributed by atoms with E-state index >= 15 is 0 Å². The van der Waals surface area contributed by atoms with Crippen molar-refractivity contribution < 1.29 is 4.79 Å². The van der Waals surface area contributed by atoms with Gasteiger partial charge in [-0.15, -0.1) is 0 Å². The number of nitrogens with zero attached hydrogens (tertiary/aromatic N) is 1. The molecule has 1 amide bonds. The average molecular weight is 387 g/mol. The Bertz CT molecular complexity index is 466. The second-order valence-electron chi connectivity index (χ2n) is 5.45. The molecule has 1 aromatic rings. The Labute approximate surface area is 134 Å². The van der Waals surface area contributed by atoms with E-state index in [4.69, 9.17) is 5.73 Å². The number of likely N-dealkylation sites (tertiary alicyclic amines) is 1. The van der Waals surface area contributed by atoms with Crippen LogP contribution in [0.5, 0.6) is 0 Å². The summed E-state index contributed by atoms with van der Waals surface area (Å²) in [5.74, 6) is 0.610. The summed E-state index contributed by atoms with van der Waals surface area (Å²) in [7, 11) is 0. The Morgan fingerprint density at radius 2 is 2.35 bits per heavy atom. The maximum absolute atomic E-state index is 12.2. The minimum absolute atomic E-state index is 0.0413. The van der Waals surface area contributed by atoms with E-state index in [1.807, 2.05) is 24.3 Å². The Morgan fingerprint density at radius 3 is 3.05 bits per heavy atom. The largest absolute Gasteiger partial charge is 0.329 e. The number of hydrogen-bond donors (Lipinski definition) is 2. The van der Waals surface area contributed by atoms with Gasteiger partial charge in [0.1, 0.15) is 0 Å². The molecular weight excluding hydrogens is 365 g/mol. The zero-order valence-corrected chi connectivity index (χ0v) is 14.0. The molecule has 1 fully saturated rings. The Balaban J connectivity index is 1.93. The number of carbonyl (C=O) groups excluding carboxylic acids is 1. The smallest absolute Gasteiger partial charge is 0.238 e. The lowest BCUT2D eigenvalue weighted by molar-refractivity contribution is -0.118. The molecule has 0 spiro atoms. The van der Waals surface area contributed by atoms with E-state index in [9.17, 15) is 4.79 Å². The molecule has 0 radical (unpaired) electrons. The molecule has 0 aromatic heterocycles. The summed E-state index contributed by atoms with van der Waals surface area (Å²) < 4.78 is 1.12. The minimum Gasteiger partial charge on any atom is -0.329 e. The number of benzene rings is 1. The summed E-state index contributed by atoms with van der Waals surface area (Å²) in [5, 5.41) is 2.96. The Hall–Kier alpha value is -0.660. The molecule has 20 heavy (non-hydrogen) atoms. The standard InChI is InChI=1S/C15H22IN3O/c1-11-4-3-7-19(14(11)9-17)10-15(20)18-13-6-2-5-12(16)8-13/h2,5-6,8,11,14H,3-4,7,9-10,17H2,1H3,(H,18,20). The van der Waals surface area contributed by atoms with Crippen molar-refractivity contribution in [2.75, 3.05) is 25.0 Å². The highest BCUT2D eigenvalue weighted by Crippen LogP contribution is 2.22. The van der Waals surface area contributed by atoms with E-state index in [0.717, 1.165) is 22.2 Å². The highest BCUT2D eigenvalue weighted by Gasteiger charge is 2.28. The molecule has 0 bridgehead atoms. The number of rotatable bonds is 4. The van der Waals surface area contributed by atoms with Crippen molar-refractivity contribution in [2.45, 2.75) is 25.8 Å². The van der Waals surface area contributed by atoms with E-state index in [-0.39, 0.29) is 5.91 Å². The van der Waals surface area contributed by atoms with Crippen molar-refractivity contribution in [2.24, 2.45) is 11.7 Å². The predicted octanol–water partition coefficient (Wildman–Crippen LogP) is 2.29. The molecule has 110 valence electrons. The van der Waals surface area contributed by atoms with Crippen molar-refractivity contribution in [1.29, 1.82) is 0 Å². The molecule has 1 aliphatic rings. The lowest BCUT2D eigenvalue weighted by Gasteiger charge is -2.38. The van der Waals surface area contributed by atoms with Gasteiger partial charge in [-0.25, -0.2) is 0 Å². The summed E-state index contributed by atoms with van der Waals surface area (Å²) >= 11 is 2.24. The van der Waals surface area contributed by atoms with E-state index < -0.39 is 0 Å². The number of carbonyl (C=O) groups is 1. The van der Waals surface area contributed by atoms with Gasteiger partial charge in [0.2, 0.25) is 5.91 Å². The molecule has 1 heterocycles. The number of hydrogen-bond acceptors (Lipinski definition) is 3. The molecule has 0 aliphatic carbocycles. The Kier molecular flexibility index (Phi) is 5.80. The van der Waals surface area contributed by atoms with Crippen LogP contribution >= 0.6 is 22.6 Å². The molecule has 3 N–H and O–H groups in total. The van der Waals surface area contributed by atoms with E-state index in [1.165, 1.54) is 6.42 Å². The van der Waals surface area contributed by atoms with Crippen LogP contribution in [0, 0.1) is 9.49 Å². The highest BCUT2D eigenvalue weighted by atomic mass is 127. The maximum atomic E-state index is 12.2. The maximum Gasteiger partial charge on any atom is 0.238 e. The zero-order chi connectivity index (χ0) is 14.5. The van der Waals surface area contributed by atoms with Gasteiger partial charge in [0.05, 0.1) is 6.54 Å². The normalized spacial score (nSPS) is 23.6. The molecule has 1 saturated heterocycles. The number of nitrogens with two attached hydrogens (primary N) is 1. The van der Waals surface area contributed by atoms with Gasteiger partial charge >= 0.3 is 0 Å². The molecular formula is C15H22IN3O. The minimum atomic E-state index is 0.0413. The fourth-order valence-corrected chi connectivity index (χ4v) is 3.41. The summed E-state index contributed by atoms with van der Waals surface area (Å²) in [4.78, 5) is 14.4. The summed E-state index contributed by atoms with van der Waals surface area (Å²) in [6, 6.07) is 8.16. The highest BCUT2D eigenvalue weighted by molar-refractivity contribution is 14.1. The van der Waals surface area contributed by atoms with Gasteiger partial charge in [0.15, 0.2) is 0 Å². The van der Waals surface area contributed by atoms with Gasteiger partial charge in [-0.1, -0.05) is 13.0 Å². The van der Waals surface area contributed by atoms with E-state index in [0.29, 0.717) is 25.0 Å². The van der Waals surface area contributed by atoms with Gasteiger partial charge in [-0.05, 0) is 66.1 Å². The van der Waals surface area contributed by atoms with Gasteiger partial charge in [0, 0.05) is 21.8 Å². The van der Waals surface area contributed by atoms with Crippen LogP contribution in [0.3, 0.4) is 0 Å². The first-order valence-corrected chi connectivity index (χ1v) is 8.17. The Morgan fingerprint density at radius 1 is 1.55 bits per heavy atom.